The second kappa shape index (κ2) is 47.1. The molecule has 26 nitrogen and oxygen atoms in total. The van der Waals surface area contributed by atoms with Crippen molar-refractivity contribution >= 4 is 191 Å². The van der Waals surface area contributed by atoms with Crippen molar-refractivity contribution in [2.24, 2.45) is 0 Å². The quantitative estimate of drug-likeness (QED) is 0.0226. The predicted octanol–water partition coefficient (Wildman–Crippen LogP) is 25.1. The van der Waals surface area contributed by atoms with Crippen LogP contribution in [0.4, 0.5) is 0 Å². The van der Waals surface area contributed by atoms with Crippen molar-refractivity contribution < 1.29 is 111 Å². The Morgan fingerprint density at radius 1 is 0.244 bits per heavy atom. The van der Waals surface area contributed by atoms with Gasteiger partial charge >= 0.3 is 175 Å². The monoisotopic (exact) mass is 2190 g/mol. The Morgan fingerprint density at radius 3 is 0.672 bits per heavy atom. The Balaban J connectivity index is 0.00000127. The summed E-state index contributed by atoms with van der Waals surface area (Å²) >= 11 is 0. The zero-order chi connectivity index (χ0) is 101. The van der Waals surface area contributed by atoms with E-state index in [1.807, 2.05) is 60.7 Å². The van der Waals surface area contributed by atoms with Crippen LogP contribution in [0.5, 0.6) is 23.0 Å². The molecule has 1 saturated carbocycles. The first kappa shape index (κ1) is 122. The van der Waals surface area contributed by atoms with Crippen molar-refractivity contribution in [1.82, 2.24) is 0 Å². The first-order valence-corrected chi connectivity index (χ1v) is 106. The van der Waals surface area contributed by atoms with E-state index in [0.717, 1.165) is 67.7 Å². The molecule has 0 saturated heterocycles. The first-order chi connectivity index (χ1) is 58.7. The Hall–Kier alpha value is -0.825. The summed E-state index contributed by atoms with van der Waals surface area (Å²) in [5.41, 5.74) is 4.91. The van der Waals surface area contributed by atoms with E-state index < -0.39 is 179 Å². The molecule has 1 fully saturated rings. The molecule has 0 radical (unpaired) electrons. The van der Waals surface area contributed by atoms with E-state index in [1.54, 1.807) is 14.2 Å². The second-order valence-electron chi connectivity index (χ2n) is 44.4. The predicted molar refractivity (Wildman–Crippen MR) is 580 cm³/mol. The Bertz CT molecular complexity index is 4250. The minimum atomic E-state index is -2.91. The molecular weight excluding hydrogens is 2010 g/mol. The number of para-hydroxylation sites is 2. The lowest BCUT2D eigenvalue weighted by Crippen LogP contribution is -2.63. The fourth-order valence-electron chi connectivity index (χ4n) is 19.6. The van der Waals surface area contributed by atoms with Gasteiger partial charge in [0, 0.05) is 19.3 Å². The lowest BCUT2D eigenvalue weighted by molar-refractivity contribution is -0.132. The van der Waals surface area contributed by atoms with Crippen LogP contribution in [0.15, 0.2) is 97.1 Å². The van der Waals surface area contributed by atoms with Gasteiger partial charge in [0.1, 0.15) is 23.0 Å². The number of carbonyl (C=O) groups is 2. The Kier molecular flexibility index (Phi) is 44.1. The van der Waals surface area contributed by atoms with Gasteiger partial charge in [0.2, 0.25) is 0 Å². The zero-order valence-electron chi connectivity index (χ0n) is 89.6. The van der Waals surface area contributed by atoms with Crippen LogP contribution >= 0.6 is 0 Å². The summed E-state index contributed by atoms with van der Waals surface area (Å²) in [6, 6.07) is 34.3. The van der Waals surface area contributed by atoms with Gasteiger partial charge in [0.05, 0.1) is 14.2 Å². The van der Waals surface area contributed by atoms with Crippen LogP contribution in [-0.2, 0) is 110 Å². The van der Waals surface area contributed by atoms with Crippen molar-refractivity contribution in [3.63, 3.8) is 0 Å². The number of carbonyl (C=O) groups excluding carboxylic acids is 2. The molecule has 5 rings (SSSR count). The van der Waals surface area contributed by atoms with Gasteiger partial charge < -0.3 is 101 Å². The fourth-order valence-corrected chi connectivity index (χ4v) is 129. The minimum absolute atomic E-state index is 0.0409. The number of methoxy groups -OCH3 is 2. The van der Waals surface area contributed by atoms with E-state index in [0.29, 0.717) is 11.5 Å². The summed E-state index contributed by atoms with van der Waals surface area (Å²) in [7, 11) is -54.8. The van der Waals surface area contributed by atoms with Gasteiger partial charge in [-0.2, -0.15) is 0 Å². The Labute approximate surface area is 815 Å². The molecule has 0 N–H and O–H groups in total. The van der Waals surface area contributed by atoms with Crippen molar-refractivity contribution in [3.05, 3.63) is 119 Å². The second-order valence-corrected chi connectivity index (χ2v) is 122. The van der Waals surface area contributed by atoms with Crippen LogP contribution in [0.2, 0.25) is 287 Å². The molecule has 752 valence electrons. The molecular formula is C84H176O26Si21. The molecule has 0 amide bonds. The molecule has 47 heteroatoms. The van der Waals surface area contributed by atoms with Gasteiger partial charge in [-0.3, -0.25) is 9.59 Å². The molecule has 0 aromatic heterocycles. The molecule has 4 aromatic rings. The summed E-state index contributed by atoms with van der Waals surface area (Å²) in [6.45, 7) is 90.6. The number of rotatable bonds is 54. The van der Waals surface area contributed by atoms with Crippen molar-refractivity contribution in [3.8, 4) is 23.0 Å². The van der Waals surface area contributed by atoms with Gasteiger partial charge in [0.25, 0.3) is 0 Å². The molecule has 0 aliphatic heterocycles. The first-order valence-electron chi connectivity index (χ1n) is 46.5. The van der Waals surface area contributed by atoms with Crippen LogP contribution in [0, 0.1) is 0 Å². The molecule has 0 atom stereocenters. The van der Waals surface area contributed by atoms with Gasteiger partial charge in [-0.15, -0.1) is 0 Å². The normalized spacial score (nSPS) is 15.4. The van der Waals surface area contributed by atoms with E-state index in [9.17, 15) is 9.59 Å². The van der Waals surface area contributed by atoms with Crippen LogP contribution < -0.4 is 18.9 Å². The minimum Gasteiger partial charge on any atom is -0.497 e. The summed E-state index contributed by atoms with van der Waals surface area (Å²) in [5.74, 6) is 2.43. The summed E-state index contributed by atoms with van der Waals surface area (Å²) in [4.78, 5) is 22.8. The Morgan fingerprint density at radius 2 is 0.450 bits per heavy atom. The fraction of sp³-hybridized carbons (Fsp3) is 0.690. The number of esters is 2. The van der Waals surface area contributed by atoms with Crippen molar-refractivity contribution in [1.29, 1.82) is 0 Å². The standard InChI is InChI=1S/C63H152O23Si21.C21H24O3/c1-59(64)66-63-56-48-46-52-61(63)54-50-58-88(5,6)68-90(9,10)70-92(13,14)72-94(17,18)74-96(21,22)76-98(25,26)78-100(29,30)80-102(33,34)82-104(37,38)84-106(41,42)86-107(43,44)85-105(39,40)83-103(35,36)81-101(31,32)79-99(27,28)77-97(23,24)75-95(19,20)73-93(15,16)71-91(11,12)69-89(7,8)67-87(3,4)57-49-53-60-51-45-47-55-62(60)65-2;1-16(22)24-20-12-8-18(9-13-20)21(14-4-3-5-15-21)17-6-10-19(23-2)11-7-17/h45-48,51-52,55-56H,49-50,53-54,57-58H2,1-44H3;6-13H,3-5,14-15H2,1-2H3. The van der Waals surface area contributed by atoms with Crippen LogP contribution in [0.3, 0.4) is 0 Å². The SMILES string of the molecule is COc1ccc(C2(c3ccc(OC(C)=O)cc3)CCCCC2)cc1.COc1ccccc1CCC[Si](C)(C)O[Si](C)(C)O[Si](C)(C)O[Si](C)(C)O[Si](C)(C)O[Si](C)(C)O[Si](C)(C)O[Si](C)(C)O[Si](C)(C)O[Si](C)(C)O[Si](C)(C)O[Si](C)(C)O[Si](C)(C)O[Si](C)(C)O[Si](C)(C)O[Si](C)(C)O[Si](C)(C)O[Si](C)(C)O[Si](C)(C)O[Si](C)(C)O[Si](C)(C)CCCc1ccccc1OC(C)=O. The highest BCUT2D eigenvalue weighted by atomic mass is 28.6. The lowest BCUT2D eigenvalue weighted by Gasteiger charge is -2.45. The zero-order valence-corrected chi connectivity index (χ0v) is 111. The topological polar surface area (TPSA) is 256 Å². The molecule has 1 aliphatic rings. The van der Waals surface area contributed by atoms with E-state index in [4.69, 9.17) is 101 Å². The number of aryl methyl sites for hydroxylation is 2. The van der Waals surface area contributed by atoms with Gasteiger partial charge in [-0.25, -0.2) is 0 Å². The third-order valence-corrected chi connectivity index (χ3v) is 102. The molecule has 0 spiro atoms. The van der Waals surface area contributed by atoms with Gasteiger partial charge in [-0.1, -0.05) is 79.9 Å². The van der Waals surface area contributed by atoms with Crippen molar-refractivity contribution in [2.45, 2.75) is 364 Å². The van der Waals surface area contributed by atoms with E-state index in [1.165, 1.54) is 49.8 Å². The highest BCUT2D eigenvalue weighted by molar-refractivity contribution is 6.97. The summed E-state index contributed by atoms with van der Waals surface area (Å²) < 4.78 is 161. The lowest BCUT2D eigenvalue weighted by atomic mass is 9.65. The van der Waals surface area contributed by atoms with E-state index in [2.05, 4.69) is 311 Å². The van der Waals surface area contributed by atoms with Gasteiger partial charge in [0.15, 0.2) is 16.6 Å². The summed E-state index contributed by atoms with van der Waals surface area (Å²) in [5, 5.41) is 0. The molecule has 0 unspecified atom stereocenters. The average Bonchev–Trinajstić information content (AvgIpc) is 0.765. The maximum absolute atomic E-state index is 11.7. The molecule has 1 aliphatic carbocycles. The largest absolute Gasteiger partial charge is 0.497 e. The third kappa shape index (κ3) is 47.7. The average molecular weight is 2190 g/mol. The van der Waals surface area contributed by atoms with Crippen molar-refractivity contribution in [2.75, 3.05) is 14.2 Å². The van der Waals surface area contributed by atoms with Crippen LogP contribution in [0.25, 0.3) is 0 Å². The summed E-state index contributed by atoms with van der Waals surface area (Å²) in [6.07, 6.45) is 9.70. The number of hydrogen-bond donors (Lipinski definition) is 0. The number of ether oxygens (including phenoxy) is 4. The molecule has 0 bridgehead atoms. The van der Waals surface area contributed by atoms with E-state index in [-0.39, 0.29) is 17.4 Å². The van der Waals surface area contributed by atoms with E-state index >= 15 is 0 Å². The third-order valence-electron chi connectivity index (χ3n) is 19.8. The van der Waals surface area contributed by atoms with Gasteiger partial charge in [-0.05, 0) is 384 Å². The van der Waals surface area contributed by atoms with Crippen LogP contribution in [-0.4, -0.2) is 205 Å². The smallest absolute Gasteiger partial charge is 0.314 e. The molecule has 0 heterocycles. The number of benzene rings is 4. The number of hydrogen-bond acceptors (Lipinski definition) is 26. The molecule has 4 aromatic carbocycles. The molecule has 131 heavy (non-hydrogen) atoms. The van der Waals surface area contributed by atoms with Crippen LogP contribution in [0.1, 0.15) is 81.0 Å². The highest BCUT2D eigenvalue weighted by Gasteiger charge is 2.56. The maximum Gasteiger partial charge on any atom is 0.314 e. The maximum atomic E-state index is 11.7. The highest BCUT2D eigenvalue weighted by Crippen LogP contribution is 2.47.